The van der Waals surface area contributed by atoms with Crippen molar-refractivity contribution in [3.8, 4) is 0 Å². The van der Waals surface area contributed by atoms with Crippen molar-refractivity contribution in [1.82, 2.24) is 4.90 Å². The molecule has 0 N–H and O–H groups in total. The van der Waals surface area contributed by atoms with Gasteiger partial charge in [0.2, 0.25) is 0 Å². The van der Waals surface area contributed by atoms with Crippen LogP contribution >= 0.6 is 0 Å². The Morgan fingerprint density at radius 3 is 2.03 bits per heavy atom. The second kappa shape index (κ2) is 8.79. The Balaban J connectivity index is 2.17. The molecule has 0 radical (unpaired) electrons. The fraction of sp³-hybridized carbons (Fsp3) is 0.731. The Morgan fingerprint density at radius 1 is 1.07 bits per heavy atom. The van der Waals surface area contributed by atoms with E-state index in [-0.39, 0.29) is 29.1 Å². The Morgan fingerprint density at radius 2 is 1.59 bits per heavy atom. The summed E-state index contributed by atoms with van der Waals surface area (Å²) in [5, 5.41) is 0. The van der Waals surface area contributed by atoms with Gasteiger partial charge < -0.3 is 4.74 Å². The number of benzene rings is 1. The summed E-state index contributed by atoms with van der Waals surface area (Å²) in [6.45, 7) is 20.8. The van der Waals surface area contributed by atoms with E-state index in [9.17, 15) is 4.79 Å². The molecule has 164 valence electrons. The van der Waals surface area contributed by atoms with Gasteiger partial charge in [0.05, 0.1) is 5.41 Å². The van der Waals surface area contributed by atoms with Crippen LogP contribution in [-0.4, -0.2) is 28.1 Å². The molecule has 1 aliphatic heterocycles. The van der Waals surface area contributed by atoms with Crippen LogP contribution in [0.1, 0.15) is 87.1 Å². The van der Waals surface area contributed by atoms with Crippen LogP contribution < -0.4 is 0 Å². The van der Waals surface area contributed by atoms with E-state index in [1.165, 1.54) is 5.56 Å². The van der Waals surface area contributed by atoms with E-state index < -0.39 is 5.41 Å². The van der Waals surface area contributed by atoms with Crippen LogP contribution in [-0.2, 0) is 16.1 Å². The Kier molecular flexibility index (Phi) is 7.26. The van der Waals surface area contributed by atoms with Gasteiger partial charge in [-0.15, -0.1) is 0 Å². The molecule has 1 fully saturated rings. The van der Waals surface area contributed by atoms with Crippen LogP contribution in [0.5, 0.6) is 0 Å². The molecular formula is C26H43NO2. The fourth-order valence-electron chi connectivity index (χ4n) is 5.19. The number of carbonyl (C=O) groups is 1. The van der Waals surface area contributed by atoms with Gasteiger partial charge in [0.25, 0.3) is 0 Å². The lowest BCUT2D eigenvalue weighted by Crippen LogP contribution is -2.62. The highest BCUT2D eigenvalue weighted by molar-refractivity contribution is 5.77. The third-order valence-electron chi connectivity index (χ3n) is 6.95. The second-order valence-electron chi connectivity index (χ2n) is 11.3. The predicted molar refractivity (Wildman–Crippen MR) is 122 cm³/mol. The second-order valence-corrected chi connectivity index (χ2v) is 11.3. The van der Waals surface area contributed by atoms with E-state index in [4.69, 9.17) is 4.74 Å². The molecule has 3 heteroatoms. The largest absolute Gasteiger partial charge is 0.462 e. The molecule has 2 rings (SSSR count). The molecule has 1 aromatic carbocycles. The average Bonchev–Trinajstić information content (AvgIpc) is 2.57. The van der Waals surface area contributed by atoms with Crippen molar-refractivity contribution in [3.63, 3.8) is 0 Å². The molecule has 29 heavy (non-hydrogen) atoms. The molecule has 1 aliphatic rings. The number of rotatable bonds is 7. The molecule has 0 amide bonds. The zero-order valence-corrected chi connectivity index (χ0v) is 20.2. The first-order chi connectivity index (χ1) is 13.3. The number of hydrogen-bond donors (Lipinski definition) is 0. The standard InChI is InChI=1S/C26H43NO2/c1-19(2)15-26(9,20(3)4)23(28)29-22-16-24(5,6)27(25(7,8)17-22)18-21-13-11-10-12-14-21/h10-14,19-20,22H,15-18H2,1-9H3. The summed E-state index contributed by atoms with van der Waals surface area (Å²) in [5.74, 6) is 0.710. The molecule has 1 atom stereocenters. The maximum atomic E-state index is 13.3. The van der Waals surface area contributed by atoms with Gasteiger partial charge in [-0.2, -0.15) is 0 Å². The lowest BCUT2D eigenvalue weighted by Gasteiger charge is -2.55. The van der Waals surface area contributed by atoms with Gasteiger partial charge in [-0.3, -0.25) is 9.69 Å². The van der Waals surface area contributed by atoms with E-state index in [1.807, 2.05) is 0 Å². The minimum Gasteiger partial charge on any atom is -0.462 e. The summed E-state index contributed by atoms with van der Waals surface area (Å²) in [4.78, 5) is 15.8. The molecular weight excluding hydrogens is 358 g/mol. The van der Waals surface area contributed by atoms with Crippen molar-refractivity contribution in [2.75, 3.05) is 0 Å². The van der Waals surface area contributed by atoms with Crippen LogP contribution in [0.4, 0.5) is 0 Å². The van der Waals surface area contributed by atoms with Gasteiger partial charge in [0, 0.05) is 30.5 Å². The Hall–Kier alpha value is -1.35. The number of piperidine rings is 1. The van der Waals surface area contributed by atoms with E-state index in [2.05, 4.69) is 97.5 Å². The van der Waals surface area contributed by atoms with Crippen molar-refractivity contribution < 1.29 is 9.53 Å². The molecule has 1 unspecified atom stereocenters. The van der Waals surface area contributed by atoms with Crippen LogP contribution in [0.2, 0.25) is 0 Å². The lowest BCUT2D eigenvalue weighted by molar-refractivity contribution is -0.175. The number of nitrogens with zero attached hydrogens (tertiary/aromatic N) is 1. The van der Waals surface area contributed by atoms with Gasteiger partial charge in [-0.05, 0) is 58.4 Å². The first-order valence-corrected chi connectivity index (χ1v) is 11.3. The summed E-state index contributed by atoms with van der Waals surface area (Å²) in [7, 11) is 0. The highest BCUT2D eigenvalue weighted by atomic mass is 16.5. The van der Waals surface area contributed by atoms with Gasteiger partial charge in [-0.25, -0.2) is 0 Å². The first kappa shape index (κ1) is 23.9. The number of hydrogen-bond acceptors (Lipinski definition) is 3. The van der Waals surface area contributed by atoms with Crippen LogP contribution in [0.3, 0.4) is 0 Å². The Bertz CT molecular complexity index is 659. The molecule has 1 aromatic rings. The summed E-state index contributed by atoms with van der Waals surface area (Å²) in [5.41, 5.74) is 0.807. The third kappa shape index (κ3) is 5.63. The smallest absolute Gasteiger partial charge is 0.312 e. The molecule has 1 saturated heterocycles. The van der Waals surface area contributed by atoms with Crippen molar-refractivity contribution in [3.05, 3.63) is 35.9 Å². The molecule has 0 aliphatic carbocycles. The number of ether oxygens (including phenoxy) is 1. The normalized spacial score (nSPS) is 21.9. The zero-order valence-electron chi connectivity index (χ0n) is 20.2. The fourth-order valence-corrected chi connectivity index (χ4v) is 5.19. The molecule has 0 bridgehead atoms. The van der Waals surface area contributed by atoms with Crippen molar-refractivity contribution in [2.45, 2.75) is 105 Å². The van der Waals surface area contributed by atoms with E-state index in [1.54, 1.807) is 0 Å². The first-order valence-electron chi connectivity index (χ1n) is 11.3. The van der Waals surface area contributed by atoms with E-state index >= 15 is 0 Å². The summed E-state index contributed by atoms with van der Waals surface area (Å²) < 4.78 is 6.22. The minimum absolute atomic E-state index is 0.0192. The molecule has 1 heterocycles. The van der Waals surface area contributed by atoms with Gasteiger partial charge in [0.15, 0.2) is 0 Å². The minimum atomic E-state index is -0.427. The van der Waals surface area contributed by atoms with Crippen LogP contribution in [0, 0.1) is 17.3 Å². The number of likely N-dealkylation sites (tertiary alicyclic amines) is 1. The monoisotopic (exact) mass is 401 g/mol. The molecule has 3 nitrogen and oxygen atoms in total. The van der Waals surface area contributed by atoms with Crippen molar-refractivity contribution >= 4 is 5.97 Å². The Labute approximate surface area is 179 Å². The van der Waals surface area contributed by atoms with Crippen LogP contribution in [0.25, 0.3) is 0 Å². The van der Waals surface area contributed by atoms with Gasteiger partial charge >= 0.3 is 5.97 Å². The van der Waals surface area contributed by atoms with Gasteiger partial charge in [0.1, 0.15) is 6.10 Å². The summed E-state index contributed by atoms with van der Waals surface area (Å²) in [6.07, 6.45) is 2.56. The number of carbonyl (C=O) groups excluding carboxylic acids is 1. The third-order valence-corrected chi connectivity index (χ3v) is 6.95. The van der Waals surface area contributed by atoms with Crippen molar-refractivity contribution in [1.29, 1.82) is 0 Å². The van der Waals surface area contributed by atoms with E-state index in [0.29, 0.717) is 5.92 Å². The highest BCUT2D eigenvalue weighted by Crippen LogP contribution is 2.42. The molecule has 0 saturated carbocycles. The SMILES string of the molecule is CC(C)CC(C)(C(=O)OC1CC(C)(C)N(Cc2ccccc2)C(C)(C)C1)C(C)C. The topological polar surface area (TPSA) is 29.5 Å². The summed E-state index contributed by atoms with van der Waals surface area (Å²) >= 11 is 0. The van der Waals surface area contributed by atoms with Gasteiger partial charge in [-0.1, -0.05) is 58.0 Å². The lowest BCUT2D eigenvalue weighted by atomic mass is 9.73. The maximum absolute atomic E-state index is 13.3. The quantitative estimate of drug-likeness (QED) is 0.491. The molecule has 0 spiro atoms. The predicted octanol–water partition coefficient (Wildman–Crippen LogP) is 6.46. The highest BCUT2D eigenvalue weighted by Gasteiger charge is 2.48. The zero-order chi connectivity index (χ0) is 22.0. The average molecular weight is 402 g/mol. The number of esters is 1. The maximum Gasteiger partial charge on any atom is 0.312 e. The van der Waals surface area contributed by atoms with Crippen LogP contribution in [0.15, 0.2) is 30.3 Å². The van der Waals surface area contributed by atoms with Crippen molar-refractivity contribution in [2.24, 2.45) is 17.3 Å². The molecule has 0 aromatic heterocycles. The van der Waals surface area contributed by atoms with E-state index in [0.717, 1.165) is 25.8 Å². The summed E-state index contributed by atoms with van der Waals surface area (Å²) in [6, 6.07) is 10.7.